The van der Waals surface area contributed by atoms with Crippen LogP contribution in [-0.2, 0) is 6.42 Å². The molecule has 0 fully saturated rings. The van der Waals surface area contributed by atoms with E-state index in [2.05, 4.69) is 15.5 Å². The van der Waals surface area contributed by atoms with Gasteiger partial charge in [0.05, 0.1) is 11.3 Å². The first-order valence-electron chi connectivity index (χ1n) is 7.20. The van der Waals surface area contributed by atoms with Gasteiger partial charge in [0.2, 0.25) is 5.76 Å². The van der Waals surface area contributed by atoms with Crippen LogP contribution in [0.2, 0.25) is 0 Å². The zero-order chi connectivity index (χ0) is 16.4. The van der Waals surface area contributed by atoms with Crippen molar-refractivity contribution < 1.29 is 19.1 Å². The number of pyridine rings is 1. The quantitative estimate of drug-likeness (QED) is 0.845. The van der Waals surface area contributed by atoms with Crippen LogP contribution >= 0.6 is 0 Å². The summed E-state index contributed by atoms with van der Waals surface area (Å²) in [6, 6.07) is 3.31. The molecule has 0 bridgehead atoms. The molecule has 0 aromatic carbocycles. The van der Waals surface area contributed by atoms with Gasteiger partial charge in [-0.15, -0.1) is 0 Å². The zero-order valence-corrected chi connectivity index (χ0v) is 12.5. The summed E-state index contributed by atoms with van der Waals surface area (Å²) in [5, 5.41) is 13.3. The third kappa shape index (κ3) is 2.85. The number of aromatic nitrogens is 1. The number of aromatic carboxylic acids is 1. The van der Waals surface area contributed by atoms with Gasteiger partial charge in [-0.25, -0.2) is 10.2 Å². The van der Waals surface area contributed by atoms with Crippen LogP contribution < -0.4 is 5.43 Å². The molecule has 2 heterocycles. The van der Waals surface area contributed by atoms with Crippen molar-refractivity contribution in [3.05, 3.63) is 52.7 Å². The van der Waals surface area contributed by atoms with Crippen molar-refractivity contribution in [2.24, 2.45) is 5.10 Å². The van der Waals surface area contributed by atoms with Gasteiger partial charge >= 0.3 is 5.97 Å². The van der Waals surface area contributed by atoms with E-state index in [9.17, 15) is 9.59 Å². The highest BCUT2D eigenvalue weighted by molar-refractivity contribution is 6.06. The number of rotatable bonds is 3. The standard InChI is InChI=1S/C16H15N3O4/c1-9-13-11(5-2-6-12(13)23-14(9)16(21)22)18-19-15(20)10-4-3-7-17-8-10/h3-4,7-8H,2,5-6H2,1H3,(H,19,20)(H,21,22)/b18-11+. The topological polar surface area (TPSA) is 105 Å². The van der Waals surface area contributed by atoms with Crippen molar-refractivity contribution >= 4 is 17.6 Å². The molecule has 3 rings (SSSR count). The first-order valence-corrected chi connectivity index (χ1v) is 7.20. The maximum atomic E-state index is 12.0. The van der Waals surface area contributed by atoms with E-state index in [4.69, 9.17) is 9.52 Å². The van der Waals surface area contributed by atoms with Gasteiger partial charge in [0.1, 0.15) is 5.76 Å². The fourth-order valence-electron chi connectivity index (χ4n) is 2.66. The number of aryl methyl sites for hydroxylation is 1. The smallest absolute Gasteiger partial charge is 0.372 e. The van der Waals surface area contributed by atoms with Crippen LogP contribution in [0.3, 0.4) is 0 Å². The van der Waals surface area contributed by atoms with Gasteiger partial charge in [0.15, 0.2) is 0 Å². The fraction of sp³-hybridized carbons (Fsp3) is 0.250. The molecule has 1 amide bonds. The number of fused-ring (bicyclic) bond motifs is 1. The predicted molar refractivity (Wildman–Crippen MR) is 81.6 cm³/mol. The first kappa shape index (κ1) is 15.0. The van der Waals surface area contributed by atoms with E-state index in [0.717, 1.165) is 6.42 Å². The van der Waals surface area contributed by atoms with Crippen LogP contribution in [0, 0.1) is 6.92 Å². The first-order chi connectivity index (χ1) is 11.1. The van der Waals surface area contributed by atoms with E-state index in [1.165, 1.54) is 6.20 Å². The Labute approximate surface area is 132 Å². The Hall–Kier alpha value is -2.96. The van der Waals surface area contributed by atoms with Crippen molar-refractivity contribution in [1.82, 2.24) is 10.4 Å². The number of carbonyl (C=O) groups is 2. The van der Waals surface area contributed by atoms with Crippen LogP contribution in [-0.4, -0.2) is 27.7 Å². The van der Waals surface area contributed by atoms with Crippen LogP contribution in [0.1, 0.15) is 50.6 Å². The number of nitrogens with zero attached hydrogens (tertiary/aromatic N) is 2. The minimum atomic E-state index is -1.10. The third-order valence-corrected chi connectivity index (χ3v) is 3.74. The lowest BCUT2D eigenvalue weighted by molar-refractivity contribution is 0.0659. The van der Waals surface area contributed by atoms with E-state index in [1.807, 2.05) is 0 Å². The summed E-state index contributed by atoms with van der Waals surface area (Å²) in [7, 11) is 0. The molecule has 2 aromatic heterocycles. The maximum absolute atomic E-state index is 12.0. The molecule has 2 N–H and O–H groups in total. The Bertz CT molecular complexity index is 793. The molecule has 7 heteroatoms. The van der Waals surface area contributed by atoms with Gasteiger partial charge < -0.3 is 9.52 Å². The Kier molecular flexibility index (Phi) is 3.92. The van der Waals surface area contributed by atoms with Gasteiger partial charge in [0.25, 0.3) is 5.91 Å². The van der Waals surface area contributed by atoms with Crippen LogP contribution in [0.4, 0.5) is 0 Å². The molecule has 1 aliphatic rings. The Morgan fingerprint density at radius 2 is 2.22 bits per heavy atom. The number of carbonyl (C=O) groups excluding carboxylic acids is 1. The Morgan fingerprint density at radius 3 is 2.91 bits per heavy atom. The number of amides is 1. The lowest BCUT2D eigenvalue weighted by atomic mass is 9.93. The van der Waals surface area contributed by atoms with E-state index < -0.39 is 5.97 Å². The normalized spacial score (nSPS) is 15.3. The van der Waals surface area contributed by atoms with Gasteiger partial charge in [0, 0.05) is 29.9 Å². The fourth-order valence-corrected chi connectivity index (χ4v) is 2.66. The molecule has 0 radical (unpaired) electrons. The van der Waals surface area contributed by atoms with Crippen molar-refractivity contribution in [3.63, 3.8) is 0 Å². The zero-order valence-electron chi connectivity index (χ0n) is 12.5. The number of hydrogen-bond donors (Lipinski definition) is 2. The number of hydrogen-bond acceptors (Lipinski definition) is 5. The minimum absolute atomic E-state index is 0.0665. The van der Waals surface area contributed by atoms with E-state index in [1.54, 1.807) is 25.3 Å². The average molecular weight is 313 g/mol. The summed E-state index contributed by atoms with van der Waals surface area (Å²) in [6.45, 7) is 1.69. The van der Waals surface area contributed by atoms with Crippen LogP contribution in [0.15, 0.2) is 34.0 Å². The van der Waals surface area contributed by atoms with Gasteiger partial charge in [-0.2, -0.15) is 5.10 Å². The van der Waals surface area contributed by atoms with Gasteiger partial charge in [-0.3, -0.25) is 9.78 Å². The molecule has 1 aliphatic carbocycles. The van der Waals surface area contributed by atoms with Crippen molar-refractivity contribution in [2.45, 2.75) is 26.2 Å². The molecular weight excluding hydrogens is 298 g/mol. The monoisotopic (exact) mass is 313 g/mol. The number of carboxylic acid groups (broad SMARTS) is 1. The van der Waals surface area contributed by atoms with Crippen LogP contribution in [0.5, 0.6) is 0 Å². The summed E-state index contributed by atoms with van der Waals surface area (Å²) in [5.41, 5.74) is 4.77. The maximum Gasteiger partial charge on any atom is 0.372 e. The molecule has 0 atom stereocenters. The highest BCUT2D eigenvalue weighted by Gasteiger charge is 2.27. The molecule has 0 spiro atoms. The number of furan rings is 1. The molecule has 23 heavy (non-hydrogen) atoms. The van der Waals surface area contributed by atoms with E-state index in [-0.39, 0.29) is 11.7 Å². The highest BCUT2D eigenvalue weighted by atomic mass is 16.4. The number of hydrazone groups is 1. The lowest BCUT2D eigenvalue weighted by Crippen LogP contribution is -2.22. The molecule has 0 saturated carbocycles. The third-order valence-electron chi connectivity index (χ3n) is 3.74. The summed E-state index contributed by atoms with van der Waals surface area (Å²) >= 11 is 0. The largest absolute Gasteiger partial charge is 0.475 e. The molecule has 0 saturated heterocycles. The van der Waals surface area contributed by atoms with Gasteiger partial charge in [-0.1, -0.05) is 0 Å². The number of carboxylic acids is 1. The molecule has 2 aromatic rings. The Morgan fingerprint density at radius 1 is 1.39 bits per heavy atom. The highest BCUT2D eigenvalue weighted by Crippen LogP contribution is 2.29. The molecule has 0 unspecified atom stereocenters. The second-order valence-corrected chi connectivity index (χ2v) is 5.25. The molecular formula is C16H15N3O4. The molecule has 7 nitrogen and oxygen atoms in total. The second-order valence-electron chi connectivity index (χ2n) is 5.25. The summed E-state index contributed by atoms with van der Waals surface area (Å²) in [6.07, 6.45) is 5.14. The van der Waals surface area contributed by atoms with E-state index >= 15 is 0 Å². The van der Waals surface area contributed by atoms with Gasteiger partial charge in [-0.05, 0) is 31.9 Å². The molecule has 0 aliphatic heterocycles. The summed E-state index contributed by atoms with van der Waals surface area (Å²) in [5.74, 6) is -0.920. The summed E-state index contributed by atoms with van der Waals surface area (Å²) < 4.78 is 5.42. The lowest BCUT2D eigenvalue weighted by Gasteiger charge is -2.13. The van der Waals surface area contributed by atoms with Crippen molar-refractivity contribution in [3.8, 4) is 0 Å². The second kappa shape index (κ2) is 6.04. The molecule has 118 valence electrons. The van der Waals surface area contributed by atoms with Crippen molar-refractivity contribution in [1.29, 1.82) is 0 Å². The SMILES string of the molecule is Cc1c(C(=O)O)oc2c1/C(=N/NC(=O)c1cccnc1)CCC2. The van der Waals surface area contributed by atoms with E-state index in [0.29, 0.717) is 41.0 Å². The Balaban J connectivity index is 1.88. The van der Waals surface area contributed by atoms with Crippen LogP contribution in [0.25, 0.3) is 0 Å². The minimum Gasteiger partial charge on any atom is -0.475 e. The van der Waals surface area contributed by atoms with Crippen molar-refractivity contribution in [2.75, 3.05) is 0 Å². The predicted octanol–water partition coefficient (Wildman–Crippen LogP) is 2.15. The summed E-state index contributed by atoms with van der Waals surface area (Å²) in [4.78, 5) is 27.1. The average Bonchev–Trinajstić information content (AvgIpc) is 2.91. The number of nitrogens with one attached hydrogen (secondary N) is 1.